The summed E-state index contributed by atoms with van der Waals surface area (Å²) >= 11 is 5.93. The van der Waals surface area contributed by atoms with Gasteiger partial charge >= 0.3 is 0 Å². The number of hydrogen-bond acceptors (Lipinski definition) is 1. The quantitative estimate of drug-likeness (QED) is 0.602. The van der Waals surface area contributed by atoms with E-state index in [0.717, 1.165) is 12.2 Å². The fraction of sp³-hybridized carbons (Fsp3) is 0.455. The summed E-state index contributed by atoms with van der Waals surface area (Å²) in [5.41, 5.74) is 6.15. The third-order valence-electron chi connectivity index (χ3n) is 5.60. The molecule has 1 aromatic carbocycles. The van der Waals surface area contributed by atoms with Crippen LogP contribution in [0.25, 0.3) is 5.03 Å². The van der Waals surface area contributed by atoms with Gasteiger partial charge in [-0.2, -0.15) is 0 Å². The molecule has 0 atom stereocenters. The molecule has 0 N–H and O–H groups in total. The van der Waals surface area contributed by atoms with Crippen molar-refractivity contribution in [3.05, 3.63) is 64.6 Å². The summed E-state index contributed by atoms with van der Waals surface area (Å²) < 4.78 is 5.81. The SMILES string of the molecule is C=C(Cl)c1ccc(Cc2cc3c(cc2C)C(C)(C)CCC3(C)C)o1. The molecule has 1 aliphatic rings. The zero-order valence-corrected chi connectivity index (χ0v) is 16.2. The van der Waals surface area contributed by atoms with Crippen molar-refractivity contribution in [3.63, 3.8) is 0 Å². The number of aryl methyl sites for hydroxylation is 1. The third-order valence-corrected chi connectivity index (χ3v) is 5.79. The molecule has 2 heteroatoms. The Morgan fingerprint density at radius 2 is 1.67 bits per heavy atom. The Balaban J connectivity index is 2.02. The van der Waals surface area contributed by atoms with Crippen LogP contribution in [0.4, 0.5) is 0 Å². The minimum absolute atomic E-state index is 0.228. The Hall–Kier alpha value is -1.47. The average molecular weight is 343 g/mol. The van der Waals surface area contributed by atoms with Gasteiger partial charge in [-0.1, -0.05) is 58.0 Å². The molecule has 0 radical (unpaired) electrons. The van der Waals surface area contributed by atoms with E-state index in [1.165, 1.54) is 35.1 Å². The first-order valence-corrected chi connectivity index (χ1v) is 9.06. The lowest BCUT2D eigenvalue weighted by atomic mass is 9.62. The highest BCUT2D eigenvalue weighted by atomic mass is 35.5. The van der Waals surface area contributed by atoms with Gasteiger partial charge in [0.05, 0.1) is 5.03 Å². The van der Waals surface area contributed by atoms with Gasteiger partial charge in [0.2, 0.25) is 0 Å². The van der Waals surface area contributed by atoms with Crippen LogP contribution in [0.2, 0.25) is 0 Å². The van der Waals surface area contributed by atoms with Gasteiger partial charge in [-0.3, -0.25) is 0 Å². The van der Waals surface area contributed by atoms with E-state index >= 15 is 0 Å². The number of hydrogen-bond donors (Lipinski definition) is 0. The van der Waals surface area contributed by atoms with Gasteiger partial charge in [-0.25, -0.2) is 0 Å². The van der Waals surface area contributed by atoms with Crippen LogP contribution in [0.15, 0.2) is 35.3 Å². The van der Waals surface area contributed by atoms with Crippen molar-refractivity contribution < 1.29 is 4.42 Å². The van der Waals surface area contributed by atoms with Crippen LogP contribution in [0.5, 0.6) is 0 Å². The molecule has 24 heavy (non-hydrogen) atoms. The van der Waals surface area contributed by atoms with Crippen LogP contribution in [-0.4, -0.2) is 0 Å². The first-order chi connectivity index (χ1) is 11.1. The monoisotopic (exact) mass is 342 g/mol. The molecule has 0 fully saturated rings. The van der Waals surface area contributed by atoms with Gasteiger partial charge in [0, 0.05) is 6.42 Å². The molecule has 1 heterocycles. The second kappa shape index (κ2) is 5.81. The topological polar surface area (TPSA) is 13.1 Å². The minimum Gasteiger partial charge on any atom is -0.460 e. The zero-order valence-electron chi connectivity index (χ0n) is 15.4. The van der Waals surface area contributed by atoms with E-state index in [1.807, 2.05) is 12.1 Å². The van der Waals surface area contributed by atoms with Crippen molar-refractivity contribution in [2.75, 3.05) is 0 Å². The lowest BCUT2D eigenvalue weighted by Gasteiger charge is -2.42. The van der Waals surface area contributed by atoms with Crippen LogP contribution >= 0.6 is 11.6 Å². The van der Waals surface area contributed by atoms with Crippen LogP contribution < -0.4 is 0 Å². The summed E-state index contributed by atoms with van der Waals surface area (Å²) in [6, 6.07) is 8.70. The third kappa shape index (κ3) is 3.07. The molecular weight excluding hydrogens is 316 g/mol. The number of fused-ring (bicyclic) bond motifs is 1. The summed E-state index contributed by atoms with van der Waals surface area (Å²) in [5.74, 6) is 1.59. The number of benzene rings is 1. The predicted molar refractivity (Wildman–Crippen MR) is 103 cm³/mol. The fourth-order valence-electron chi connectivity index (χ4n) is 3.76. The average Bonchev–Trinajstić information content (AvgIpc) is 2.94. The summed E-state index contributed by atoms with van der Waals surface area (Å²) in [6.45, 7) is 15.4. The standard InChI is InChI=1S/C22H27ClO/c1-14-11-18-19(22(5,6)10-9-21(18,3)4)13-16(14)12-17-7-8-20(24-17)15(2)23/h7-8,11,13H,2,9-10,12H2,1,3-6H3. The Morgan fingerprint density at radius 1 is 1.08 bits per heavy atom. The van der Waals surface area contributed by atoms with Gasteiger partial charge in [-0.05, 0) is 65.0 Å². The maximum absolute atomic E-state index is 5.93. The second-order valence-corrected chi connectivity index (χ2v) is 8.90. The molecule has 0 aliphatic heterocycles. The van der Waals surface area contributed by atoms with Crippen molar-refractivity contribution >= 4 is 16.6 Å². The fourth-order valence-corrected chi connectivity index (χ4v) is 3.87. The molecule has 0 saturated carbocycles. The first kappa shape index (κ1) is 17.4. The molecular formula is C22H27ClO. The van der Waals surface area contributed by atoms with Gasteiger partial charge in [0.25, 0.3) is 0 Å². The van der Waals surface area contributed by atoms with Crippen molar-refractivity contribution in [2.45, 2.75) is 64.7 Å². The maximum atomic E-state index is 5.93. The molecule has 2 aromatic rings. The van der Waals surface area contributed by atoms with Crippen molar-refractivity contribution in [1.29, 1.82) is 0 Å². The Morgan fingerprint density at radius 3 is 2.21 bits per heavy atom. The van der Waals surface area contributed by atoms with E-state index in [1.54, 1.807) is 0 Å². The minimum atomic E-state index is 0.228. The van der Waals surface area contributed by atoms with E-state index in [4.69, 9.17) is 16.0 Å². The summed E-state index contributed by atoms with van der Waals surface area (Å²) in [5, 5.41) is 0.450. The molecule has 0 saturated heterocycles. The van der Waals surface area contributed by atoms with E-state index in [9.17, 15) is 0 Å². The molecule has 1 nitrogen and oxygen atoms in total. The normalized spacial score (nSPS) is 18.2. The van der Waals surface area contributed by atoms with Gasteiger partial charge < -0.3 is 4.42 Å². The molecule has 1 aromatic heterocycles. The van der Waals surface area contributed by atoms with Crippen molar-refractivity contribution in [2.24, 2.45) is 0 Å². The Kier molecular flexibility index (Phi) is 4.20. The predicted octanol–water partition coefficient (Wildman–Crippen LogP) is 6.74. The lowest BCUT2D eigenvalue weighted by Crippen LogP contribution is -2.34. The van der Waals surface area contributed by atoms with Gasteiger partial charge in [0.15, 0.2) is 0 Å². The van der Waals surface area contributed by atoms with E-state index in [0.29, 0.717) is 10.8 Å². The highest BCUT2D eigenvalue weighted by molar-refractivity contribution is 6.47. The molecule has 128 valence electrons. The largest absolute Gasteiger partial charge is 0.460 e. The number of furan rings is 1. The van der Waals surface area contributed by atoms with Gasteiger partial charge in [0.1, 0.15) is 11.5 Å². The lowest BCUT2D eigenvalue weighted by molar-refractivity contribution is 0.331. The smallest absolute Gasteiger partial charge is 0.145 e. The van der Waals surface area contributed by atoms with Crippen molar-refractivity contribution in [1.82, 2.24) is 0 Å². The maximum Gasteiger partial charge on any atom is 0.145 e. The van der Waals surface area contributed by atoms with E-state index in [-0.39, 0.29) is 10.8 Å². The summed E-state index contributed by atoms with van der Waals surface area (Å²) in [4.78, 5) is 0. The van der Waals surface area contributed by atoms with Crippen LogP contribution in [0.3, 0.4) is 0 Å². The Bertz CT molecular complexity index is 792. The first-order valence-electron chi connectivity index (χ1n) is 8.68. The highest BCUT2D eigenvalue weighted by Crippen LogP contribution is 2.46. The summed E-state index contributed by atoms with van der Waals surface area (Å²) in [6.07, 6.45) is 3.26. The second-order valence-electron chi connectivity index (χ2n) is 8.44. The zero-order chi connectivity index (χ0) is 17.7. The molecule has 0 amide bonds. The highest BCUT2D eigenvalue weighted by Gasteiger charge is 2.37. The van der Waals surface area contributed by atoms with Crippen LogP contribution in [0, 0.1) is 6.92 Å². The van der Waals surface area contributed by atoms with Crippen LogP contribution in [0.1, 0.15) is 74.3 Å². The van der Waals surface area contributed by atoms with Crippen LogP contribution in [-0.2, 0) is 17.3 Å². The van der Waals surface area contributed by atoms with Gasteiger partial charge in [-0.15, -0.1) is 0 Å². The molecule has 1 aliphatic carbocycles. The Labute approximate surface area is 150 Å². The van der Waals surface area contributed by atoms with E-state index in [2.05, 4.69) is 53.3 Å². The molecule has 0 bridgehead atoms. The summed E-state index contributed by atoms with van der Waals surface area (Å²) in [7, 11) is 0. The molecule has 3 rings (SSSR count). The number of rotatable bonds is 3. The van der Waals surface area contributed by atoms with Crippen molar-refractivity contribution in [3.8, 4) is 0 Å². The molecule has 0 unspecified atom stereocenters. The molecule has 0 spiro atoms. The number of halogens is 1. The van der Waals surface area contributed by atoms with E-state index < -0.39 is 0 Å².